The van der Waals surface area contributed by atoms with Crippen molar-refractivity contribution in [2.24, 2.45) is 11.7 Å². The van der Waals surface area contributed by atoms with E-state index in [1.165, 1.54) is 12.8 Å². The summed E-state index contributed by atoms with van der Waals surface area (Å²) < 4.78 is 5.26. The second-order valence-electron chi connectivity index (χ2n) is 4.58. The Morgan fingerprint density at radius 2 is 2.06 bits per heavy atom. The number of nitrogens with two attached hydrogens (primary N) is 1. The van der Waals surface area contributed by atoms with Crippen LogP contribution in [0.25, 0.3) is 0 Å². The lowest BCUT2D eigenvalue weighted by atomic mass is 9.91. The molecule has 1 saturated carbocycles. The molecule has 94 valence electrons. The summed E-state index contributed by atoms with van der Waals surface area (Å²) in [6.45, 7) is 0. The number of methoxy groups -OCH3 is 1. The van der Waals surface area contributed by atoms with Gasteiger partial charge in [0, 0.05) is 6.04 Å². The summed E-state index contributed by atoms with van der Waals surface area (Å²) in [7, 11) is 1.58. The number of hydrogen-bond donors (Lipinski definition) is 2. The van der Waals surface area contributed by atoms with E-state index < -0.39 is 0 Å². The molecule has 3 N–H and O–H groups in total. The molecule has 1 aliphatic carbocycles. The third-order valence-corrected chi connectivity index (χ3v) is 3.89. The second kappa shape index (κ2) is 5.15. The molecule has 0 saturated heterocycles. The van der Waals surface area contributed by atoms with Crippen molar-refractivity contribution in [3.05, 3.63) is 22.7 Å². The predicted octanol–water partition coefficient (Wildman–Crippen LogP) is 3.24. The maximum atomic E-state index is 10.0. The van der Waals surface area contributed by atoms with Crippen LogP contribution in [-0.2, 0) is 0 Å². The minimum atomic E-state index is -0.203. The number of ether oxygens (including phenoxy) is 1. The Morgan fingerprint density at radius 1 is 1.41 bits per heavy atom. The van der Waals surface area contributed by atoms with Gasteiger partial charge in [0.2, 0.25) is 0 Å². The van der Waals surface area contributed by atoms with Crippen LogP contribution in [0.5, 0.6) is 11.5 Å². The predicted molar refractivity (Wildman–Crippen MR) is 68.6 cm³/mol. The van der Waals surface area contributed by atoms with Gasteiger partial charge in [0.05, 0.1) is 17.7 Å². The van der Waals surface area contributed by atoms with Gasteiger partial charge in [-0.05, 0) is 30.9 Å². The summed E-state index contributed by atoms with van der Waals surface area (Å²) >= 11 is 5.93. The van der Waals surface area contributed by atoms with Crippen LogP contribution in [0.15, 0.2) is 12.1 Å². The molecule has 0 spiro atoms. The molecule has 0 aromatic heterocycles. The van der Waals surface area contributed by atoms with E-state index >= 15 is 0 Å². The van der Waals surface area contributed by atoms with Crippen LogP contribution in [0.4, 0.5) is 0 Å². The quantitative estimate of drug-likeness (QED) is 0.872. The fourth-order valence-electron chi connectivity index (χ4n) is 2.62. The summed E-state index contributed by atoms with van der Waals surface area (Å²) in [5.41, 5.74) is 6.89. The molecule has 1 atom stereocenters. The Morgan fingerprint density at radius 3 is 2.65 bits per heavy atom. The molecule has 4 heteroatoms. The molecule has 0 amide bonds. The fourth-order valence-corrected chi connectivity index (χ4v) is 2.78. The molecule has 0 heterocycles. The molecule has 1 aliphatic rings. The average Bonchev–Trinajstić information content (AvgIpc) is 2.85. The third-order valence-electron chi connectivity index (χ3n) is 3.59. The van der Waals surface area contributed by atoms with Gasteiger partial charge in [0.25, 0.3) is 0 Å². The van der Waals surface area contributed by atoms with Crippen LogP contribution in [0.1, 0.15) is 37.3 Å². The molecule has 17 heavy (non-hydrogen) atoms. The SMILES string of the molecule is COc1ccc(Cl)c(O)c1[C@@H](N)C1CCCC1. The van der Waals surface area contributed by atoms with Crippen LogP contribution in [-0.4, -0.2) is 12.2 Å². The smallest absolute Gasteiger partial charge is 0.142 e. The van der Waals surface area contributed by atoms with Crippen molar-refractivity contribution in [2.45, 2.75) is 31.7 Å². The number of halogens is 1. The fraction of sp³-hybridized carbons (Fsp3) is 0.538. The van der Waals surface area contributed by atoms with Gasteiger partial charge < -0.3 is 15.6 Å². The van der Waals surface area contributed by atoms with Crippen molar-refractivity contribution >= 4 is 11.6 Å². The van der Waals surface area contributed by atoms with Gasteiger partial charge in [-0.15, -0.1) is 0 Å². The maximum Gasteiger partial charge on any atom is 0.142 e. The molecule has 0 radical (unpaired) electrons. The van der Waals surface area contributed by atoms with E-state index in [2.05, 4.69) is 0 Å². The van der Waals surface area contributed by atoms with E-state index in [0.29, 0.717) is 22.3 Å². The van der Waals surface area contributed by atoms with E-state index in [0.717, 1.165) is 12.8 Å². The van der Waals surface area contributed by atoms with Gasteiger partial charge in [-0.1, -0.05) is 24.4 Å². The number of rotatable bonds is 3. The lowest BCUT2D eigenvalue weighted by Crippen LogP contribution is -2.20. The molecule has 0 aliphatic heterocycles. The Bertz CT molecular complexity index is 403. The highest BCUT2D eigenvalue weighted by molar-refractivity contribution is 6.32. The average molecular weight is 256 g/mol. The molecule has 0 unspecified atom stereocenters. The molecule has 1 aromatic carbocycles. The summed E-state index contributed by atoms with van der Waals surface area (Å²) in [6, 6.07) is 3.18. The summed E-state index contributed by atoms with van der Waals surface area (Å²) in [4.78, 5) is 0. The van der Waals surface area contributed by atoms with Crippen LogP contribution in [0.2, 0.25) is 5.02 Å². The third kappa shape index (κ3) is 2.35. The van der Waals surface area contributed by atoms with E-state index in [-0.39, 0.29) is 11.8 Å². The van der Waals surface area contributed by atoms with Crippen molar-refractivity contribution in [3.8, 4) is 11.5 Å². The van der Waals surface area contributed by atoms with Crippen molar-refractivity contribution in [1.29, 1.82) is 0 Å². The Kier molecular flexibility index (Phi) is 3.79. The van der Waals surface area contributed by atoms with E-state index in [1.54, 1.807) is 19.2 Å². The summed E-state index contributed by atoms with van der Waals surface area (Å²) in [5.74, 6) is 1.09. The van der Waals surface area contributed by atoms with E-state index in [9.17, 15) is 5.11 Å². The molecule has 1 aromatic rings. The summed E-state index contributed by atoms with van der Waals surface area (Å²) in [6.07, 6.45) is 4.64. The second-order valence-corrected chi connectivity index (χ2v) is 4.99. The van der Waals surface area contributed by atoms with Crippen molar-refractivity contribution in [3.63, 3.8) is 0 Å². The molecular weight excluding hydrogens is 238 g/mol. The van der Waals surface area contributed by atoms with Crippen LogP contribution < -0.4 is 10.5 Å². The van der Waals surface area contributed by atoms with Crippen molar-refractivity contribution in [2.75, 3.05) is 7.11 Å². The normalized spacial score (nSPS) is 18.3. The first-order chi connectivity index (χ1) is 8.15. The maximum absolute atomic E-state index is 10.0. The van der Waals surface area contributed by atoms with Gasteiger partial charge in [0.15, 0.2) is 0 Å². The van der Waals surface area contributed by atoms with E-state index in [1.807, 2.05) is 0 Å². The lowest BCUT2D eigenvalue weighted by molar-refractivity contribution is 0.368. The van der Waals surface area contributed by atoms with Gasteiger partial charge in [-0.2, -0.15) is 0 Å². The summed E-state index contributed by atoms with van der Waals surface area (Å²) in [5, 5.41) is 10.4. The molecule has 0 bridgehead atoms. The standard InChI is InChI=1S/C13H18ClNO2/c1-17-10-7-6-9(14)13(16)11(10)12(15)8-4-2-3-5-8/h6-8,12,16H,2-5,15H2,1H3/t12-/m0/s1. The Labute approximate surface area is 107 Å². The number of phenolic OH excluding ortho intramolecular Hbond substituents is 1. The Balaban J connectivity index is 2.37. The van der Waals surface area contributed by atoms with E-state index in [4.69, 9.17) is 22.1 Å². The topological polar surface area (TPSA) is 55.5 Å². The minimum absolute atomic E-state index is 0.0606. The first-order valence-electron chi connectivity index (χ1n) is 5.96. The van der Waals surface area contributed by atoms with Crippen molar-refractivity contribution < 1.29 is 9.84 Å². The first kappa shape index (κ1) is 12.5. The zero-order valence-electron chi connectivity index (χ0n) is 9.95. The van der Waals surface area contributed by atoms with Crippen LogP contribution in [0, 0.1) is 5.92 Å². The van der Waals surface area contributed by atoms with Gasteiger partial charge in [0.1, 0.15) is 11.5 Å². The number of benzene rings is 1. The highest BCUT2D eigenvalue weighted by Gasteiger charge is 2.28. The minimum Gasteiger partial charge on any atom is -0.506 e. The highest BCUT2D eigenvalue weighted by Crippen LogP contribution is 2.43. The number of hydrogen-bond acceptors (Lipinski definition) is 3. The van der Waals surface area contributed by atoms with Crippen LogP contribution >= 0.6 is 11.6 Å². The van der Waals surface area contributed by atoms with Gasteiger partial charge in [-0.3, -0.25) is 0 Å². The molecule has 2 rings (SSSR count). The zero-order chi connectivity index (χ0) is 12.4. The lowest BCUT2D eigenvalue weighted by Gasteiger charge is -2.22. The highest BCUT2D eigenvalue weighted by atomic mass is 35.5. The molecule has 3 nitrogen and oxygen atoms in total. The van der Waals surface area contributed by atoms with Crippen LogP contribution in [0.3, 0.4) is 0 Å². The largest absolute Gasteiger partial charge is 0.506 e. The first-order valence-corrected chi connectivity index (χ1v) is 6.34. The molecule has 1 fully saturated rings. The monoisotopic (exact) mass is 255 g/mol. The number of aromatic hydroxyl groups is 1. The molecular formula is C13H18ClNO2. The Hall–Kier alpha value is -0.930. The van der Waals surface area contributed by atoms with Crippen molar-refractivity contribution in [1.82, 2.24) is 0 Å². The van der Waals surface area contributed by atoms with Gasteiger partial charge >= 0.3 is 0 Å². The van der Waals surface area contributed by atoms with Gasteiger partial charge in [-0.25, -0.2) is 0 Å². The zero-order valence-corrected chi connectivity index (χ0v) is 10.7. The number of phenols is 1.